The van der Waals surface area contributed by atoms with Gasteiger partial charge in [0.15, 0.2) is 1.41 Å². The summed E-state index contributed by atoms with van der Waals surface area (Å²) < 4.78 is 111. The van der Waals surface area contributed by atoms with Crippen molar-refractivity contribution < 1.29 is 23.6 Å². The number of likely N-dealkylation sites (N-methyl/N-ethyl adjacent to an activating group) is 1. The largest absolute Gasteiger partial charge is 0.361 e. The highest BCUT2D eigenvalue weighted by Crippen LogP contribution is 2.21. The zero-order valence-electron chi connectivity index (χ0n) is 22.0. The van der Waals surface area contributed by atoms with Crippen molar-refractivity contribution >= 4 is 20.9 Å². The number of aromatic nitrogens is 1. The molecule has 6 heteroatoms. The van der Waals surface area contributed by atoms with Crippen LogP contribution in [0, 0.1) is 0 Å². The van der Waals surface area contributed by atoms with Crippen LogP contribution in [0.4, 0.5) is 0 Å². The molecule has 0 saturated carbocycles. The Bertz CT molecular complexity index is 1130. The summed E-state index contributed by atoms with van der Waals surface area (Å²) in [4.78, 5) is 1.46. The molecule has 20 heavy (non-hydrogen) atoms. The molecule has 110 valence electrons. The van der Waals surface area contributed by atoms with Gasteiger partial charge in [-0.1, -0.05) is 6.04 Å². The molecular formula is C14H21N3O2S. The van der Waals surface area contributed by atoms with Gasteiger partial charge in [-0.15, -0.1) is 0 Å². The minimum Gasteiger partial charge on any atom is -0.361 e. The van der Waals surface area contributed by atoms with E-state index in [1.807, 2.05) is 0 Å². The summed E-state index contributed by atoms with van der Waals surface area (Å²) in [6.45, 7) is -2.58. The maximum absolute atomic E-state index is 12.4. The molecule has 0 spiro atoms. The Morgan fingerprint density at radius 3 is 3.15 bits per heavy atom. The average Bonchev–Trinajstić information content (AvgIpc) is 2.88. The van der Waals surface area contributed by atoms with Crippen LogP contribution in [0.5, 0.6) is 0 Å². The molecule has 1 aromatic heterocycles. The molecule has 0 radical (unpaired) electrons. The van der Waals surface area contributed by atoms with Gasteiger partial charge in [0.2, 0.25) is 10.0 Å². The molecule has 5 nitrogen and oxygen atoms in total. The second kappa shape index (κ2) is 5.95. The van der Waals surface area contributed by atoms with Crippen molar-refractivity contribution in [2.75, 3.05) is 27.6 Å². The summed E-state index contributed by atoms with van der Waals surface area (Å²) in [6, 6.07) is -2.52. The van der Waals surface area contributed by atoms with Gasteiger partial charge in [-0.05, 0) is 50.7 Å². The number of nitrogens with one attached hydrogen (secondary N) is 2. The highest BCUT2D eigenvalue weighted by molar-refractivity contribution is 7.88. The zero-order valence-corrected chi connectivity index (χ0v) is 11.8. The normalized spacial score (nSPS) is 21.9. The van der Waals surface area contributed by atoms with Crippen molar-refractivity contribution in [2.24, 2.45) is 0 Å². The lowest BCUT2D eigenvalue weighted by atomic mass is 10.1. The molecule has 0 unspecified atom stereocenters. The lowest BCUT2D eigenvalue weighted by Gasteiger charge is -2.08. The number of hydrogen-bond acceptors (Lipinski definition) is 3. The fourth-order valence-electron chi connectivity index (χ4n) is 1.57. The Labute approximate surface area is 135 Å². The predicted molar refractivity (Wildman–Crippen MR) is 82.2 cm³/mol. The van der Waals surface area contributed by atoms with Gasteiger partial charge in [0.05, 0.1) is 11.2 Å². The summed E-state index contributed by atoms with van der Waals surface area (Å²) in [5.74, 6) is 0. The lowest BCUT2D eigenvalue weighted by molar-refractivity contribution is 0.414. The minimum absolute atomic E-state index is 0.0479. The third kappa shape index (κ3) is 3.59. The van der Waals surface area contributed by atoms with Gasteiger partial charge in [0, 0.05) is 30.5 Å². The van der Waals surface area contributed by atoms with Crippen LogP contribution in [0.25, 0.3) is 10.9 Å². The molecule has 0 atom stereocenters. The fraction of sp³-hybridized carbons (Fsp3) is 0.429. The standard InChI is InChI=1S/C14H21N3O2S/c1-15-20(18,19)10-11-4-5-14-13(8-11)12(9-16-14)6-7-17(2)3/h4-5,8-9,15-16H,6-7,10H2,1-3H3/i2D3,4D,5D,8D,9D,10D2/hD2. The number of H-pyrrole nitrogens is 1. The number of fused-ring (bicyclic) bond motifs is 1. The van der Waals surface area contributed by atoms with Gasteiger partial charge >= 0.3 is 0 Å². The van der Waals surface area contributed by atoms with Crippen molar-refractivity contribution in [3.05, 3.63) is 35.4 Å². The number of benzene rings is 1. The molecule has 0 amide bonds. The first-order chi connectivity index (χ1) is 13.9. The van der Waals surface area contributed by atoms with Crippen molar-refractivity contribution in [1.29, 1.82) is 0 Å². The SMILES string of the molecule is [2H]c1c(C([2H])([2H])S(=O)(=O)N([2H])C)c([2H])c2c(CCN(C)C([2H])([2H])[2H])c([2H])n([2H])c2c1[2H]. The third-order valence-corrected chi connectivity index (χ3v) is 3.51. The molecule has 1 heterocycles. The monoisotopic (exact) mass is 306 g/mol. The third-order valence-electron chi connectivity index (χ3n) is 2.57. The van der Waals surface area contributed by atoms with E-state index in [2.05, 4.69) is 0 Å². The van der Waals surface area contributed by atoms with Crippen molar-refractivity contribution in [3.8, 4) is 0 Å². The summed E-state index contributed by atoms with van der Waals surface area (Å²) in [5, 5.41) is -0.276. The molecule has 0 aliphatic heterocycles. The molecule has 0 aliphatic rings. The summed E-state index contributed by atoms with van der Waals surface area (Å²) in [6.07, 6.45) is -0.653. The van der Waals surface area contributed by atoms with Crippen LogP contribution in [0.15, 0.2) is 24.3 Å². The van der Waals surface area contributed by atoms with E-state index in [0.717, 1.165) is 11.9 Å². The Morgan fingerprint density at radius 2 is 2.45 bits per heavy atom. The van der Waals surface area contributed by atoms with Gasteiger partial charge < -0.3 is 9.88 Å². The van der Waals surface area contributed by atoms with Crippen LogP contribution in [-0.4, -0.2) is 45.9 Å². The highest BCUT2D eigenvalue weighted by Gasteiger charge is 2.11. The molecule has 2 rings (SSSR count). The van der Waals surface area contributed by atoms with Crippen LogP contribution in [0.2, 0.25) is 2.82 Å². The second-order valence-corrected chi connectivity index (χ2v) is 5.63. The van der Waals surface area contributed by atoms with Crippen LogP contribution < -0.4 is 4.72 Å². The van der Waals surface area contributed by atoms with Crippen molar-refractivity contribution in [1.82, 2.24) is 14.6 Å². The molecule has 0 aliphatic carbocycles. The quantitative estimate of drug-likeness (QED) is 0.846. The van der Waals surface area contributed by atoms with E-state index in [9.17, 15) is 8.42 Å². The molecule has 2 N–H and O–H groups in total. The summed E-state index contributed by atoms with van der Waals surface area (Å²) in [5.41, 5.74) is -4.81. The molecule has 2 aromatic rings. The Hall–Kier alpha value is -1.37. The molecule has 1 aromatic carbocycles. The highest BCUT2D eigenvalue weighted by atomic mass is 32.2. The van der Waals surface area contributed by atoms with Gasteiger partial charge in [-0.25, -0.2) is 13.1 Å². The number of rotatable bonds is 6. The molecule has 0 fully saturated rings. The number of nitrogens with zero attached hydrogens (tertiary/aromatic N) is 1. The molecule has 0 saturated heterocycles. The minimum atomic E-state index is -4.99. The van der Waals surface area contributed by atoms with E-state index in [0.29, 0.717) is 4.98 Å². The first kappa shape index (κ1) is 6.17. The topological polar surface area (TPSA) is 65.2 Å². The van der Waals surface area contributed by atoms with E-state index in [1.54, 1.807) is 0 Å². The number of aromatic amines is 1. The average molecular weight is 306 g/mol. The smallest absolute Gasteiger partial charge is 0.215 e. The van der Waals surface area contributed by atoms with Gasteiger partial charge in [0.25, 0.3) is 0 Å². The van der Waals surface area contributed by atoms with E-state index in [4.69, 9.17) is 15.2 Å². The van der Waals surface area contributed by atoms with E-state index in [1.165, 1.54) is 7.05 Å². The van der Waals surface area contributed by atoms with E-state index < -0.39 is 52.6 Å². The maximum atomic E-state index is 12.4. The van der Waals surface area contributed by atoms with Crippen LogP contribution in [-0.2, 0) is 22.1 Å². The van der Waals surface area contributed by atoms with Gasteiger partial charge in [0.1, 0.15) is 1.41 Å². The predicted octanol–water partition coefficient (Wildman–Crippen LogP) is 1.32. The van der Waals surface area contributed by atoms with Crippen molar-refractivity contribution in [2.45, 2.75) is 12.1 Å². The van der Waals surface area contributed by atoms with Crippen LogP contribution in [0.3, 0.4) is 0 Å². The van der Waals surface area contributed by atoms with Crippen molar-refractivity contribution in [3.63, 3.8) is 0 Å². The van der Waals surface area contributed by atoms with Gasteiger partial charge in [-0.2, -0.15) is 0 Å². The van der Waals surface area contributed by atoms with E-state index >= 15 is 0 Å². The first-order valence-corrected chi connectivity index (χ1v) is 7.15. The van der Waals surface area contributed by atoms with E-state index in [-0.39, 0.29) is 34.1 Å². The molecular weight excluding hydrogens is 274 g/mol. The molecule has 0 bridgehead atoms. The summed E-state index contributed by atoms with van der Waals surface area (Å²) in [7, 11) is -2.93. The fourth-order valence-corrected chi connectivity index (χ4v) is 2.02. The Morgan fingerprint density at radius 1 is 1.65 bits per heavy atom. The zero-order chi connectivity index (χ0) is 24.3. The van der Waals surface area contributed by atoms with Crippen LogP contribution in [0.1, 0.15) is 23.5 Å². The Balaban J connectivity index is 2.86. The first-order valence-electron chi connectivity index (χ1n) is 11.1. The number of sulfonamides is 1. The Kier molecular flexibility index (Phi) is 1.84. The lowest BCUT2D eigenvalue weighted by Crippen LogP contribution is -2.20. The summed E-state index contributed by atoms with van der Waals surface area (Å²) >= 11 is 0. The number of hydrogen-bond donors (Lipinski definition) is 2. The maximum Gasteiger partial charge on any atom is 0.215 e. The van der Waals surface area contributed by atoms with Crippen LogP contribution >= 0.6 is 0 Å². The second-order valence-electron chi connectivity index (χ2n) is 4.11. The van der Waals surface area contributed by atoms with Gasteiger partial charge in [-0.3, -0.25) is 0 Å².